The van der Waals surface area contributed by atoms with Crippen LogP contribution in [0.15, 0.2) is 58.5 Å². The number of amides is 2. The topological polar surface area (TPSA) is 124 Å². The number of nitriles is 1. The number of methoxy groups -OCH3 is 1. The van der Waals surface area contributed by atoms with Gasteiger partial charge in [0.15, 0.2) is 0 Å². The molecule has 2 aromatic carbocycles. The maximum atomic E-state index is 13.6. The van der Waals surface area contributed by atoms with E-state index in [1.54, 1.807) is 53.3 Å². The number of rotatable bonds is 7. The van der Waals surface area contributed by atoms with E-state index in [2.05, 4.69) is 16.3 Å². The number of benzene rings is 2. The highest BCUT2D eigenvalue weighted by Gasteiger charge is 2.41. The van der Waals surface area contributed by atoms with Crippen molar-refractivity contribution in [2.24, 2.45) is 0 Å². The summed E-state index contributed by atoms with van der Waals surface area (Å²) in [5.74, 6) is -0.831. The number of nitrogens with zero attached hydrogens (tertiary/aromatic N) is 6. The van der Waals surface area contributed by atoms with Crippen LogP contribution in [0.3, 0.4) is 0 Å². The van der Waals surface area contributed by atoms with E-state index in [1.165, 1.54) is 33.6 Å². The summed E-state index contributed by atoms with van der Waals surface area (Å²) in [4.78, 5) is 42.2. The molecule has 0 saturated carbocycles. The summed E-state index contributed by atoms with van der Waals surface area (Å²) < 4.78 is 47.2. The summed E-state index contributed by atoms with van der Waals surface area (Å²) in [5, 5.41) is 16.1. The van der Waals surface area contributed by atoms with E-state index in [-0.39, 0.29) is 33.4 Å². The lowest BCUT2D eigenvalue weighted by atomic mass is 9.88. The molecule has 0 radical (unpaired) electrons. The first-order valence-corrected chi connectivity index (χ1v) is 13.6. The molecule has 0 fully saturated rings. The van der Waals surface area contributed by atoms with Crippen molar-refractivity contribution < 1.29 is 32.0 Å². The Labute approximate surface area is 251 Å². The molecule has 1 aromatic heterocycles. The summed E-state index contributed by atoms with van der Waals surface area (Å²) >= 11 is 0. The maximum absolute atomic E-state index is 13.6. The van der Waals surface area contributed by atoms with Crippen LogP contribution in [-0.2, 0) is 22.1 Å². The SMILES string of the molecule is COC(=O)C1=C(C)N(c2cccc(C(F)(F)F)c2)c2n[nH]c(=O)n2[C@@H]1c1ccc(C#N)cc1CCC[N+](C)(C)C(=O)N(C)C. The highest BCUT2D eigenvalue weighted by Crippen LogP contribution is 2.43. The Hall–Kier alpha value is -4.90. The first-order valence-electron chi connectivity index (χ1n) is 13.6. The van der Waals surface area contributed by atoms with Gasteiger partial charge in [0.25, 0.3) is 0 Å². The predicted molar refractivity (Wildman–Crippen MR) is 155 cm³/mol. The molecular formula is C30H33F3N7O4+. The Bertz CT molecular complexity index is 1730. The average molecular weight is 613 g/mol. The Morgan fingerprint density at radius 2 is 1.89 bits per heavy atom. The second kappa shape index (κ2) is 12.0. The number of aromatic amines is 1. The highest BCUT2D eigenvalue weighted by molar-refractivity contribution is 5.93. The zero-order chi connectivity index (χ0) is 32.6. The lowest BCUT2D eigenvalue weighted by Gasteiger charge is -2.36. The number of allylic oxidation sites excluding steroid dienone is 1. The first-order chi connectivity index (χ1) is 20.6. The van der Waals surface area contributed by atoms with Crippen molar-refractivity contribution in [1.82, 2.24) is 19.7 Å². The van der Waals surface area contributed by atoms with Crippen molar-refractivity contribution in [3.8, 4) is 6.07 Å². The molecule has 14 heteroatoms. The highest BCUT2D eigenvalue weighted by atomic mass is 19.4. The number of ether oxygens (including phenoxy) is 1. The van der Waals surface area contributed by atoms with E-state index in [0.29, 0.717) is 36.1 Å². The van der Waals surface area contributed by atoms with Gasteiger partial charge in [-0.3, -0.25) is 9.80 Å². The number of fused-ring (bicyclic) bond motifs is 1. The number of anilines is 2. The summed E-state index contributed by atoms with van der Waals surface area (Å²) in [6, 6.07) is 10.3. The van der Waals surface area contributed by atoms with Gasteiger partial charge in [-0.25, -0.2) is 28.5 Å². The van der Waals surface area contributed by atoms with Crippen LogP contribution in [-0.4, -0.2) is 78.0 Å². The van der Waals surface area contributed by atoms with Gasteiger partial charge in [0, 0.05) is 31.9 Å². The number of urea groups is 1. The zero-order valence-electron chi connectivity index (χ0n) is 25.2. The Balaban J connectivity index is 1.89. The second-order valence-corrected chi connectivity index (χ2v) is 11.2. The van der Waals surface area contributed by atoms with Crippen molar-refractivity contribution in [3.05, 3.63) is 86.5 Å². The van der Waals surface area contributed by atoms with Crippen LogP contribution in [0.4, 0.5) is 29.6 Å². The molecule has 0 aliphatic carbocycles. The van der Waals surface area contributed by atoms with Crippen LogP contribution in [0.25, 0.3) is 0 Å². The molecular weight excluding hydrogens is 579 g/mol. The second-order valence-electron chi connectivity index (χ2n) is 11.2. The molecule has 2 amide bonds. The van der Waals surface area contributed by atoms with E-state index < -0.39 is 29.4 Å². The molecule has 3 aromatic rings. The molecule has 0 saturated heterocycles. The van der Waals surface area contributed by atoms with Gasteiger partial charge in [0.1, 0.15) is 6.04 Å². The van der Waals surface area contributed by atoms with E-state index in [0.717, 1.165) is 12.1 Å². The minimum atomic E-state index is -4.63. The first kappa shape index (κ1) is 32.0. The monoisotopic (exact) mass is 612 g/mol. The van der Waals surface area contributed by atoms with E-state index in [9.17, 15) is 32.8 Å². The lowest BCUT2D eigenvalue weighted by molar-refractivity contribution is -0.812. The Kier molecular flexibility index (Phi) is 8.74. The number of alkyl halides is 3. The van der Waals surface area contributed by atoms with Gasteiger partial charge >= 0.3 is 23.9 Å². The fourth-order valence-electron chi connectivity index (χ4n) is 5.54. The van der Waals surface area contributed by atoms with E-state index >= 15 is 0 Å². The molecule has 11 nitrogen and oxygen atoms in total. The quantitative estimate of drug-likeness (QED) is 0.311. The molecule has 0 bridgehead atoms. The number of hydrogen-bond acceptors (Lipinski definition) is 7. The Morgan fingerprint density at radius 3 is 2.50 bits per heavy atom. The van der Waals surface area contributed by atoms with Crippen LogP contribution in [0.2, 0.25) is 0 Å². The van der Waals surface area contributed by atoms with E-state index in [1.807, 2.05) is 0 Å². The number of H-pyrrole nitrogens is 1. The number of carbonyl (C=O) groups excluding carboxylic acids is 2. The van der Waals surface area contributed by atoms with Gasteiger partial charge in [-0.05, 0) is 54.8 Å². The molecule has 1 N–H and O–H groups in total. The zero-order valence-corrected chi connectivity index (χ0v) is 25.2. The third-order valence-corrected chi connectivity index (χ3v) is 7.61. The fraction of sp³-hybridized carbons (Fsp3) is 0.367. The third kappa shape index (κ3) is 5.96. The van der Waals surface area contributed by atoms with Crippen molar-refractivity contribution in [2.45, 2.75) is 32.0 Å². The number of aryl methyl sites for hydroxylation is 1. The van der Waals surface area contributed by atoms with Crippen LogP contribution in [0, 0.1) is 11.3 Å². The number of hydrogen-bond donors (Lipinski definition) is 1. The van der Waals surface area contributed by atoms with Crippen LogP contribution < -0.4 is 10.6 Å². The molecule has 0 unspecified atom stereocenters. The molecule has 44 heavy (non-hydrogen) atoms. The normalized spacial score (nSPS) is 15.1. The molecule has 1 atom stereocenters. The predicted octanol–water partition coefficient (Wildman–Crippen LogP) is 4.34. The van der Waals surface area contributed by atoms with Gasteiger partial charge in [-0.1, -0.05) is 12.1 Å². The summed E-state index contributed by atoms with van der Waals surface area (Å²) in [7, 11) is 8.09. The molecule has 0 spiro atoms. The van der Waals surface area contributed by atoms with Crippen molar-refractivity contribution >= 4 is 23.6 Å². The van der Waals surface area contributed by atoms with Gasteiger partial charge in [-0.2, -0.15) is 18.4 Å². The maximum Gasteiger partial charge on any atom is 0.418 e. The fourth-order valence-corrected chi connectivity index (χ4v) is 5.54. The third-order valence-electron chi connectivity index (χ3n) is 7.61. The van der Waals surface area contributed by atoms with Crippen LogP contribution in [0.1, 0.15) is 41.6 Å². The molecule has 2 heterocycles. The lowest BCUT2D eigenvalue weighted by Crippen LogP contribution is -2.51. The number of esters is 1. The van der Waals surface area contributed by atoms with Gasteiger partial charge in [-0.15, -0.1) is 5.10 Å². The number of aromatic nitrogens is 3. The van der Waals surface area contributed by atoms with Gasteiger partial charge in [0.2, 0.25) is 5.95 Å². The van der Waals surface area contributed by atoms with Gasteiger partial charge < -0.3 is 4.74 Å². The summed E-state index contributed by atoms with van der Waals surface area (Å²) in [6.07, 6.45) is -3.73. The van der Waals surface area contributed by atoms with Crippen molar-refractivity contribution in [1.29, 1.82) is 5.26 Å². The molecule has 232 valence electrons. The number of halogens is 3. The van der Waals surface area contributed by atoms with Crippen LogP contribution >= 0.6 is 0 Å². The number of quaternary nitrogens is 1. The minimum Gasteiger partial charge on any atom is -0.466 e. The van der Waals surface area contributed by atoms with Gasteiger partial charge in [0.05, 0.1) is 50.5 Å². The average Bonchev–Trinajstić information content (AvgIpc) is 3.35. The largest absolute Gasteiger partial charge is 0.466 e. The number of carbonyl (C=O) groups is 2. The molecule has 4 rings (SSSR count). The smallest absolute Gasteiger partial charge is 0.418 e. The molecule has 1 aliphatic rings. The van der Waals surface area contributed by atoms with Crippen LogP contribution in [0.5, 0.6) is 0 Å². The summed E-state index contributed by atoms with van der Waals surface area (Å²) in [5.41, 5.74) is 0.112. The van der Waals surface area contributed by atoms with Crippen molar-refractivity contribution in [2.75, 3.05) is 46.7 Å². The summed E-state index contributed by atoms with van der Waals surface area (Å²) in [6.45, 7) is 2.00. The van der Waals surface area contributed by atoms with Crippen molar-refractivity contribution in [3.63, 3.8) is 0 Å². The van der Waals surface area contributed by atoms with E-state index in [4.69, 9.17) is 4.74 Å². The number of nitrogens with one attached hydrogen (secondary N) is 1. The Morgan fingerprint density at radius 1 is 1.18 bits per heavy atom. The standard InChI is InChI=1S/C30H32F3N7O4/c1-18-24(26(41)44-6)25(23-13-12-19(17-34)15-20(23)9-8-14-40(4,5)29(43)37(2)3)39-27(35-36-28(39)42)38(18)22-11-7-10-21(16-22)30(31,32)33/h7,10-13,15-16,25H,8-9,14H2,1-6H3/p+1/t25-/m1/s1. The molecule has 1 aliphatic heterocycles. The minimum absolute atomic E-state index is 0.00534.